The van der Waals surface area contributed by atoms with Gasteiger partial charge in [0.15, 0.2) is 0 Å². The van der Waals surface area contributed by atoms with E-state index in [-0.39, 0.29) is 11.6 Å². The summed E-state index contributed by atoms with van der Waals surface area (Å²) in [5.74, 6) is -0.736. The maximum atomic E-state index is 12.3. The molecule has 0 unspecified atom stereocenters. The predicted octanol–water partition coefficient (Wildman–Crippen LogP) is 3.68. The molecule has 0 saturated carbocycles. The summed E-state index contributed by atoms with van der Waals surface area (Å²) in [5, 5.41) is 3.67. The number of ketones is 2. The van der Waals surface area contributed by atoms with Crippen molar-refractivity contribution in [2.45, 2.75) is 6.92 Å². The highest BCUT2D eigenvalue weighted by atomic mass is 16.2. The normalized spacial score (nSPS) is 13.7. The second-order valence-corrected chi connectivity index (χ2v) is 4.99. The average Bonchev–Trinajstić information content (AvgIpc) is 2.69. The highest BCUT2D eigenvalue weighted by Crippen LogP contribution is 2.37. The zero-order chi connectivity index (χ0) is 13.1. The minimum Gasteiger partial charge on any atom is -0.285 e. The number of Topliss-reactive ketones (excluding diaryl/α,β-unsaturated/α-hetero) is 2. The van der Waals surface area contributed by atoms with Crippen molar-refractivity contribution in [2.75, 3.05) is 0 Å². The van der Waals surface area contributed by atoms with Crippen LogP contribution in [0.4, 0.5) is 0 Å². The molecule has 0 atom stereocenters. The molecule has 0 fully saturated rings. The van der Waals surface area contributed by atoms with Crippen LogP contribution in [-0.4, -0.2) is 11.6 Å². The Morgan fingerprint density at radius 2 is 1.53 bits per heavy atom. The Morgan fingerprint density at radius 3 is 2.37 bits per heavy atom. The van der Waals surface area contributed by atoms with Gasteiger partial charge < -0.3 is 0 Å². The first kappa shape index (κ1) is 10.4. The molecule has 0 aliphatic heterocycles. The third-order valence-electron chi connectivity index (χ3n) is 3.90. The molecule has 19 heavy (non-hydrogen) atoms. The molecule has 3 aromatic carbocycles. The van der Waals surface area contributed by atoms with E-state index in [1.807, 2.05) is 49.4 Å². The van der Waals surface area contributed by atoms with Crippen LogP contribution in [0.5, 0.6) is 0 Å². The minimum absolute atomic E-state index is 0.366. The number of rotatable bonds is 0. The van der Waals surface area contributed by atoms with Gasteiger partial charge >= 0.3 is 0 Å². The molecule has 0 saturated heterocycles. The fourth-order valence-electron chi connectivity index (χ4n) is 3.02. The van der Waals surface area contributed by atoms with Gasteiger partial charge in [-0.2, -0.15) is 0 Å². The standard InChI is InChI=1S/C17H10O2/c1-9-6-7-11-8-10-4-2-3-5-12(10)15-14(11)13(9)16(18)17(15)19/h2-8H,1H3. The summed E-state index contributed by atoms with van der Waals surface area (Å²) < 4.78 is 0. The Kier molecular flexibility index (Phi) is 1.81. The molecule has 2 heteroatoms. The Labute approximate surface area is 109 Å². The number of hydrogen-bond donors (Lipinski definition) is 0. The van der Waals surface area contributed by atoms with Gasteiger partial charge in [0.25, 0.3) is 0 Å². The molecule has 1 aliphatic carbocycles. The third-order valence-corrected chi connectivity index (χ3v) is 3.90. The van der Waals surface area contributed by atoms with Crippen molar-refractivity contribution in [2.24, 2.45) is 0 Å². The van der Waals surface area contributed by atoms with Crippen molar-refractivity contribution >= 4 is 33.1 Å². The highest BCUT2D eigenvalue weighted by molar-refractivity contribution is 6.59. The van der Waals surface area contributed by atoms with Crippen LogP contribution in [-0.2, 0) is 0 Å². The number of carbonyl (C=O) groups excluding carboxylic acids is 2. The molecule has 2 nitrogen and oxygen atoms in total. The fourth-order valence-corrected chi connectivity index (χ4v) is 3.02. The largest absolute Gasteiger partial charge is 0.285 e. The van der Waals surface area contributed by atoms with Gasteiger partial charge in [0.2, 0.25) is 11.6 Å². The molecule has 0 heterocycles. The lowest BCUT2D eigenvalue weighted by molar-refractivity contribution is 0.0826. The molecule has 90 valence electrons. The number of fused-ring (bicyclic) bond motifs is 2. The molecule has 0 spiro atoms. The minimum atomic E-state index is -0.369. The second-order valence-electron chi connectivity index (χ2n) is 4.99. The Balaban J connectivity index is 2.38. The van der Waals surface area contributed by atoms with E-state index >= 15 is 0 Å². The molecule has 0 N–H and O–H groups in total. The SMILES string of the molecule is Cc1ccc2cc3ccccc3c3c2c1C(=O)C3=O. The smallest absolute Gasteiger partial charge is 0.234 e. The molecule has 0 bridgehead atoms. The van der Waals surface area contributed by atoms with Gasteiger partial charge in [-0.25, -0.2) is 0 Å². The monoisotopic (exact) mass is 246 g/mol. The van der Waals surface area contributed by atoms with Gasteiger partial charge in [0.1, 0.15) is 0 Å². The zero-order valence-corrected chi connectivity index (χ0v) is 10.4. The highest BCUT2D eigenvalue weighted by Gasteiger charge is 2.33. The van der Waals surface area contributed by atoms with Crippen LogP contribution in [0.2, 0.25) is 0 Å². The number of benzene rings is 3. The zero-order valence-electron chi connectivity index (χ0n) is 10.4. The van der Waals surface area contributed by atoms with Crippen molar-refractivity contribution in [3.63, 3.8) is 0 Å². The molecule has 4 rings (SSSR count). The Morgan fingerprint density at radius 1 is 0.789 bits per heavy atom. The van der Waals surface area contributed by atoms with Crippen LogP contribution < -0.4 is 0 Å². The molecular formula is C17H10O2. The van der Waals surface area contributed by atoms with Gasteiger partial charge in [0.05, 0.1) is 0 Å². The van der Waals surface area contributed by atoms with E-state index in [1.165, 1.54) is 0 Å². The molecule has 0 radical (unpaired) electrons. The topological polar surface area (TPSA) is 34.1 Å². The van der Waals surface area contributed by atoms with Crippen molar-refractivity contribution < 1.29 is 9.59 Å². The van der Waals surface area contributed by atoms with E-state index in [1.54, 1.807) is 0 Å². The Bertz CT molecular complexity index is 904. The molecule has 3 aromatic rings. The first-order valence-corrected chi connectivity index (χ1v) is 6.22. The van der Waals surface area contributed by atoms with Gasteiger partial charge in [-0.05, 0) is 34.7 Å². The summed E-state index contributed by atoms with van der Waals surface area (Å²) >= 11 is 0. The number of carbonyl (C=O) groups is 2. The molecule has 0 amide bonds. The predicted molar refractivity (Wildman–Crippen MR) is 74.9 cm³/mol. The lowest BCUT2D eigenvalue weighted by Gasteiger charge is -2.06. The van der Waals surface area contributed by atoms with Crippen molar-refractivity contribution in [3.8, 4) is 0 Å². The summed E-state index contributed by atoms with van der Waals surface area (Å²) in [6.07, 6.45) is 0. The summed E-state index contributed by atoms with van der Waals surface area (Å²) in [7, 11) is 0. The third kappa shape index (κ3) is 1.16. The molecule has 1 aliphatic rings. The maximum Gasteiger partial charge on any atom is 0.234 e. The van der Waals surface area contributed by atoms with Crippen LogP contribution in [0.3, 0.4) is 0 Å². The Hall–Kier alpha value is -2.48. The van der Waals surface area contributed by atoms with Crippen LogP contribution in [0.25, 0.3) is 21.5 Å². The maximum absolute atomic E-state index is 12.3. The van der Waals surface area contributed by atoms with Gasteiger partial charge in [-0.15, -0.1) is 0 Å². The number of aryl methyl sites for hydroxylation is 1. The van der Waals surface area contributed by atoms with Gasteiger partial charge in [-0.3, -0.25) is 9.59 Å². The van der Waals surface area contributed by atoms with Crippen molar-refractivity contribution in [1.29, 1.82) is 0 Å². The van der Waals surface area contributed by atoms with Crippen molar-refractivity contribution in [3.05, 3.63) is 59.2 Å². The summed E-state index contributed by atoms with van der Waals surface area (Å²) in [4.78, 5) is 24.5. The fraction of sp³-hybridized carbons (Fsp3) is 0.0588. The van der Waals surface area contributed by atoms with Crippen LogP contribution in [0.15, 0.2) is 42.5 Å². The van der Waals surface area contributed by atoms with Crippen LogP contribution in [0, 0.1) is 6.92 Å². The van der Waals surface area contributed by atoms with E-state index in [2.05, 4.69) is 0 Å². The van der Waals surface area contributed by atoms with E-state index in [4.69, 9.17) is 0 Å². The first-order valence-electron chi connectivity index (χ1n) is 6.22. The quantitative estimate of drug-likeness (QED) is 0.448. The van der Waals surface area contributed by atoms with Crippen LogP contribution in [0.1, 0.15) is 26.3 Å². The van der Waals surface area contributed by atoms with E-state index < -0.39 is 0 Å². The average molecular weight is 246 g/mol. The molecular weight excluding hydrogens is 236 g/mol. The summed E-state index contributed by atoms with van der Waals surface area (Å²) in [6, 6.07) is 13.7. The van der Waals surface area contributed by atoms with Crippen molar-refractivity contribution in [1.82, 2.24) is 0 Å². The van der Waals surface area contributed by atoms with E-state index in [0.717, 1.165) is 27.1 Å². The first-order chi connectivity index (χ1) is 9.18. The van der Waals surface area contributed by atoms with Gasteiger partial charge in [-0.1, -0.05) is 36.4 Å². The van der Waals surface area contributed by atoms with E-state index in [9.17, 15) is 9.59 Å². The summed E-state index contributed by atoms with van der Waals surface area (Å²) in [5.41, 5.74) is 2.04. The molecule has 0 aromatic heterocycles. The van der Waals surface area contributed by atoms with Gasteiger partial charge in [0, 0.05) is 16.5 Å². The second kappa shape index (κ2) is 3.29. The lowest BCUT2D eigenvalue weighted by atomic mass is 9.96. The number of hydrogen-bond acceptors (Lipinski definition) is 2. The van der Waals surface area contributed by atoms with Crippen LogP contribution >= 0.6 is 0 Å². The summed E-state index contributed by atoms with van der Waals surface area (Å²) in [6.45, 7) is 1.88. The van der Waals surface area contributed by atoms with E-state index in [0.29, 0.717) is 11.1 Å². The lowest BCUT2D eigenvalue weighted by Crippen LogP contribution is -2.07.